The lowest BCUT2D eigenvalue weighted by atomic mass is 9.87. The van der Waals surface area contributed by atoms with Crippen molar-refractivity contribution in [2.24, 2.45) is 0 Å². The van der Waals surface area contributed by atoms with Crippen LogP contribution in [0.3, 0.4) is 0 Å². The zero-order valence-corrected chi connectivity index (χ0v) is 21.7. The third kappa shape index (κ3) is 5.64. The van der Waals surface area contributed by atoms with Crippen molar-refractivity contribution in [1.82, 2.24) is 29.9 Å². The second-order valence-corrected chi connectivity index (χ2v) is 11.1. The largest absolute Gasteiger partial charge is 0.315 e. The molecule has 3 aliphatic rings. The Morgan fingerprint density at radius 1 is 0.892 bits per heavy atom. The van der Waals surface area contributed by atoms with Crippen molar-refractivity contribution in [3.63, 3.8) is 0 Å². The van der Waals surface area contributed by atoms with E-state index in [1.54, 1.807) is 0 Å². The standard InChI is InChI=1S/C30H39FN6/c31-26-13-17-35(18-14-26)20-24-8-10-25(11-9-24)29(28-7-4-16-37(28)27-12-15-32-19-27)30-34-33-22-36(30)21-23-5-2-1-3-6-23/h1-3,5-6,8-11,22,26-29,32H,4,7,12-21H2. The van der Waals surface area contributed by atoms with Gasteiger partial charge in [0.15, 0.2) is 0 Å². The molecule has 37 heavy (non-hydrogen) atoms. The maximum Gasteiger partial charge on any atom is 0.142 e. The van der Waals surface area contributed by atoms with Crippen LogP contribution in [0.15, 0.2) is 60.9 Å². The minimum Gasteiger partial charge on any atom is -0.315 e. The quantitative estimate of drug-likeness (QED) is 0.500. The summed E-state index contributed by atoms with van der Waals surface area (Å²) in [5.74, 6) is 1.23. The summed E-state index contributed by atoms with van der Waals surface area (Å²) in [6, 6.07) is 20.8. The molecule has 6 nitrogen and oxygen atoms in total. The molecule has 3 unspecified atom stereocenters. The minimum atomic E-state index is -0.628. The van der Waals surface area contributed by atoms with Crippen LogP contribution in [0.1, 0.15) is 60.5 Å². The SMILES string of the molecule is FC1CCN(Cc2ccc(C(c3nncn3Cc3ccccc3)C3CCCN3C3CCNC3)cc2)CC1. The molecule has 6 rings (SSSR count). The molecule has 0 spiro atoms. The highest BCUT2D eigenvalue weighted by Gasteiger charge is 2.40. The molecule has 7 heteroatoms. The number of hydrogen-bond acceptors (Lipinski definition) is 5. The van der Waals surface area contributed by atoms with E-state index in [4.69, 9.17) is 5.10 Å². The Morgan fingerprint density at radius 3 is 2.43 bits per heavy atom. The molecular weight excluding hydrogens is 463 g/mol. The van der Waals surface area contributed by atoms with Gasteiger partial charge in [0, 0.05) is 38.3 Å². The molecule has 4 heterocycles. The fourth-order valence-corrected chi connectivity index (χ4v) is 6.65. The van der Waals surface area contributed by atoms with Crippen molar-refractivity contribution in [1.29, 1.82) is 0 Å². The van der Waals surface area contributed by atoms with E-state index in [0.29, 0.717) is 24.9 Å². The van der Waals surface area contributed by atoms with Gasteiger partial charge in [-0.2, -0.15) is 0 Å². The number of piperidine rings is 1. The summed E-state index contributed by atoms with van der Waals surface area (Å²) in [5.41, 5.74) is 3.88. The number of nitrogens with one attached hydrogen (secondary N) is 1. The fourth-order valence-electron chi connectivity index (χ4n) is 6.65. The normalized spacial score (nSPS) is 24.6. The first-order valence-electron chi connectivity index (χ1n) is 14.1. The van der Waals surface area contributed by atoms with Gasteiger partial charge in [0.2, 0.25) is 0 Å². The van der Waals surface area contributed by atoms with Crippen LogP contribution in [0.4, 0.5) is 4.39 Å². The second-order valence-electron chi connectivity index (χ2n) is 11.1. The molecule has 1 aromatic heterocycles. The molecular formula is C30H39FN6. The Morgan fingerprint density at radius 2 is 1.68 bits per heavy atom. The van der Waals surface area contributed by atoms with Gasteiger partial charge in [-0.1, -0.05) is 54.6 Å². The summed E-state index contributed by atoms with van der Waals surface area (Å²) < 4.78 is 15.8. The third-order valence-electron chi connectivity index (χ3n) is 8.61. The Bertz CT molecular complexity index is 1120. The Kier molecular flexibility index (Phi) is 7.63. The fraction of sp³-hybridized carbons (Fsp3) is 0.533. The predicted octanol–water partition coefficient (Wildman–Crippen LogP) is 4.22. The summed E-state index contributed by atoms with van der Waals surface area (Å²) >= 11 is 0. The van der Waals surface area contributed by atoms with Crippen LogP contribution in [-0.2, 0) is 13.1 Å². The molecule has 0 bridgehead atoms. The number of hydrogen-bond donors (Lipinski definition) is 1. The number of benzene rings is 2. The highest BCUT2D eigenvalue weighted by atomic mass is 19.1. The summed E-state index contributed by atoms with van der Waals surface area (Å²) in [7, 11) is 0. The Hall–Kier alpha value is -2.61. The van der Waals surface area contributed by atoms with Crippen molar-refractivity contribution in [2.45, 2.75) is 69.4 Å². The van der Waals surface area contributed by atoms with Gasteiger partial charge in [-0.3, -0.25) is 9.80 Å². The summed E-state index contributed by atoms with van der Waals surface area (Å²) in [4.78, 5) is 5.13. The lowest BCUT2D eigenvalue weighted by molar-refractivity contribution is 0.145. The third-order valence-corrected chi connectivity index (χ3v) is 8.61. The summed E-state index contributed by atoms with van der Waals surface area (Å²) in [5, 5.41) is 12.7. The van der Waals surface area contributed by atoms with Gasteiger partial charge in [0.05, 0.1) is 12.5 Å². The topological polar surface area (TPSA) is 49.2 Å². The van der Waals surface area contributed by atoms with Gasteiger partial charge < -0.3 is 9.88 Å². The van der Waals surface area contributed by atoms with Crippen LogP contribution >= 0.6 is 0 Å². The van der Waals surface area contributed by atoms with Crippen molar-refractivity contribution >= 4 is 0 Å². The molecule has 3 fully saturated rings. The predicted molar refractivity (Wildman–Crippen MR) is 144 cm³/mol. The lowest BCUT2D eigenvalue weighted by Crippen LogP contribution is -2.44. The second kappa shape index (κ2) is 11.4. The lowest BCUT2D eigenvalue weighted by Gasteiger charge is -2.35. The van der Waals surface area contributed by atoms with Gasteiger partial charge in [-0.05, 0) is 61.9 Å². The number of halogens is 1. The van der Waals surface area contributed by atoms with Gasteiger partial charge in [0.1, 0.15) is 18.3 Å². The van der Waals surface area contributed by atoms with Crippen LogP contribution in [0.25, 0.3) is 0 Å². The zero-order chi connectivity index (χ0) is 25.0. The average Bonchev–Trinajstić information content (AvgIpc) is 3.70. The number of alkyl halides is 1. The molecule has 196 valence electrons. The molecule has 3 atom stereocenters. The maximum absolute atomic E-state index is 13.6. The van der Waals surface area contributed by atoms with E-state index in [1.165, 1.54) is 36.0 Å². The van der Waals surface area contributed by atoms with Crippen LogP contribution in [0.2, 0.25) is 0 Å². The van der Waals surface area contributed by atoms with E-state index in [9.17, 15) is 4.39 Å². The molecule has 0 aliphatic carbocycles. The molecule has 0 radical (unpaired) electrons. The first-order chi connectivity index (χ1) is 18.2. The van der Waals surface area contributed by atoms with E-state index >= 15 is 0 Å². The minimum absolute atomic E-state index is 0.172. The summed E-state index contributed by atoms with van der Waals surface area (Å²) in [6.45, 7) is 6.71. The molecule has 1 N–H and O–H groups in total. The van der Waals surface area contributed by atoms with Crippen LogP contribution in [-0.4, -0.2) is 75.5 Å². The Labute approximate surface area is 219 Å². The number of nitrogens with zero attached hydrogens (tertiary/aromatic N) is 5. The smallest absolute Gasteiger partial charge is 0.142 e. The highest BCUT2D eigenvalue weighted by Crippen LogP contribution is 2.38. The van der Waals surface area contributed by atoms with Crippen LogP contribution < -0.4 is 5.32 Å². The van der Waals surface area contributed by atoms with E-state index in [-0.39, 0.29) is 5.92 Å². The zero-order valence-electron chi connectivity index (χ0n) is 21.7. The number of aromatic nitrogens is 3. The van der Waals surface area contributed by atoms with Crippen molar-refractivity contribution in [3.8, 4) is 0 Å². The van der Waals surface area contributed by atoms with Gasteiger partial charge in [-0.25, -0.2) is 4.39 Å². The number of likely N-dealkylation sites (tertiary alicyclic amines) is 2. The molecule has 3 aromatic rings. The monoisotopic (exact) mass is 502 g/mol. The van der Waals surface area contributed by atoms with Crippen molar-refractivity contribution in [2.75, 3.05) is 32.7 Å². The van der Waals surface area contributed by atoms with Gasteiger partial charge in [-0.15, -0.1) is 10.2 Å². The molecule has 0 saturated carbocycles. The molecule has 3 saturated heterocycles. The maximum atomic E-state index is 13.6. The first-order valence-corrected chi connectivity index (χ1v) is 14.1. The Balaban J connectivity index is 1.29. The van der Waals surface area contributed by atoms with Crippen LogP contribution in [0, 0.1) is 0 Å². The van der Waals surface area contributed by atoms with E-state index in [2.05, 4.69) is 79.4 Å². The first kappa shape index (κ1) is 24.7. The van der Waals surface area contributed by atoms with E-state index in [0.717, 1.165) is 51.6 Å². The average molecular weight is 503 g/mol. The molecule has 3 aliphatic heterocycles. The molecule has 0 amide bonds. The number of rotatable bonds is 8. The summed E-state index contributed by atoms with van der Waals surface area (Å²) in [6.07, 6.45) is 6.21. The van der Waals surface area contributed by atoms with Crippen molar-refractivity contribution < 1.29 is 4.39 Å². The van der Waals surface area contributed by atoms with Gasteiger partial charge >= 0.3 is 0 Å². The van der Waals surface area contributed by atoms with Crippen molar-refractivity contribution in [3.05, 3.63) is 83.4 Å². The van der Waals surface area contributed by atoms with Crippen LogP contribution in [0.5, 0.6) is 0 Å². The van der Waals surface area contributed by atoms with Gasteiger partial charge in [0.25, 0.3) is 0 Å². The molecule has 2 aromatic carbocycles. The van der Waals surface area contributed by atoms with E-state index in [1.807, 2.05) is 6.33 Å². The highest BCUT2D eigenvalue weighted by molar-refractivity contribution is 5.32. The van der Waals surface area contributed by atoms with E-state index < -0.39 is 6.17 Å².